The van der Waals surface area contributed by atoms with Crippen molar-refractivity contribution in [2.24, 2.45) is 0 Å². The number of hydrogen-bond donors (Lipinski definition) is 1. The first-order valence-electron chi connectivity index (χ1n) is 10.9. The van der Waals surface area contributed by atoms with E-state index in [0.717, 1.165) is 35.9 Å². The molecule has 1 N–H and O–H groups in total. The lowest BCUT2D eigenvalue weighted by molar-refractivity contribution is -0.122. The summed E-state index contributed by atoms with van der Waals surface area (Å²) in [6.07, 6.45) is 1.97. The maximum atomic E-state index is 14.1. The first kappa shape index (κ1) is 22.1. The van der Waals surface area contributed by atoms with Crippen molar-refractivity contribution in [1.82, 2.24) is 20.0 Å². The maximum absolute atomic E-state index is 14.1. The highest BCUT2D eigenvalue weighted by Gasteiger charge is 2.31. The molecule has 0 aliphatic heterocycles. The Morgan fingerprint density at radius 3 is 2.59 bits per heavy atom. The molecule has 0 saturated heterocycles. The second-order valence-corrected chi connectivity index (χ2v) is 8.44. The molecule has 1 aromatic heterocycles. The maximum Gasteiger partial charge on any atom is 0.234 e. The Labute approximate surface area is 187 Å². The van der Waals surface area contributed by atoms with Crippen LogP contribution in [0, 0.1) is 25.5 Å². The Morgan fingerprint density at radius 1 is 1.16 bits per heavy atom. The summed E-state index contributed by atoms with van der Waals surface area (Å²) in [5, 5.41) is 7.63. The van der Waals surface area contributed by atoms with Gasteiger partial charge in [-0.1, -0.05) is 36.4 Å². The molecule has 0 radical (unpaired) electrons. The summed E-state index contributed by atoms with van der Waals surface area (Å²) in [6, 6.07) is 14.0. The average Bonchev–Trinajstić information content (AvgIpc) is 3.57. The van der Waals surface area contributed by atoms with Crippen LogP contribution >= 0.6 is 0 Å². The van der Waals surface area contributed by atoms with Gasteiger partial charge >= 0.3 is 0 Å². The topological polar surface area (TPSA) is 50.2 Å². The van der Waals surface area contributed by atoms with Crippen molar-refractivity contribution in [3.05, 3.63) is 88.2 Å². The number of benzene rings is 2. The lowest BCUT2D eigenvalue weighted by atomic mass is 10.2. The normalized spacial score (nSPS) is 13.5. The van der Waals surface area contributed by atoms with Crippen molar-refractivity contribution >= 4 is 5.91 Å². The number of aromatic nitrogens is 2. The van der Waals surface area contributed by atoms with E-state index in [1.54, 1.807) is 0 Å². The van der Waals surface area contributed by atoms with E-state index in [0.29, 0.717) is 18.7 Å². The Bertz CT molecular complexity index is 1090. The van der Waals surface area contributed by atoms with E-state index in [1.165, 1.54) is 17.7 Å². The molecule has 1 aliphatic carbocycles. The SMILES string of the molecule is Cc1nn(Cc2ccccc2)c(C)c1CNC(=O)CN(Cc1ccc(F)cc1F)C1CC1. The van der Waals surface area contributed by atoms with Gasteiger partial charge in [0.2, 0.25) is 5.91 Å². The van der Waals surface area contributed by atoms with Gasteiger partial charge in [0.15, 0.2) is 0 Å². The van der Waals surface area contributed by atoms with Crippen LogP contribution in [0.1, 0.15) is 40.9 Å². The summed E-state index contributed by atoms with van der Waals surface area (Å²) in [5.74, 6) is -1.29. The van der Waals surface area contributed by atoms with Gasteiger partial charge in [-0.25, -0.2) is 8.78 Å². The van der Waals surface area contributed by atoms with E-state index in [9.17, 15) is 13.6 Å². The zero-order chi connectivity index (χ0) is 22.7. The second kappa shape index (κ2) is 9.61. The molecule has 0 bridgehead atoms. The van der Waals surface area contributed by atoms with Crippen molar-refractivity contribution in [3.63, 3.8) is 0 Å². The van der Waals surface area contributed by atoms with Gasteiger partial charge in [-0.2, -0.15) is 5.10 Å². The molecular weight excluding hydrogens is 410 g/mol. The number of carbonyl (C=O) groups is 1. The van der Waals surface area contributed by atoms with Crippen LogP contribution in [-0.4, -0.2) is 33.2 Å². The molecule has 3 aromatic rings. The number of rotatable bonds is 9. The molecule has 7 heteroatoms. The predicted molar refractivity (Wildman–Crippen MR) is 119 cm³/mol. The highest BCUT2D eigenvalue weighted by Crippen LogP contribution is 2.28. The molecule has 1 aliphatic rings. The molecule has 1 fully saturated rings. The fourth-order valence-corrected chi connectivity index (χ4v) is 3.95. The molecule has 0 atom stereocenters. The first-order valence-corrected chi connectivity index (χ1v) is 10.9. The van der Waals surface area contributed by atoms with Gasteiger partial charge < -0.3 is 5.32 Å². The first-order chi connectivity index (χ1) is 15.4. The van der Waals surface area contributed by atoms with Gasteiger partial charge in [0.25, 0.3) is 0 Å². The zero-order valence-electron chi connectivity index (χ0n) is 18.4. The number of amides is 1. The average molecular weight is 439 g/mol. The third-order valence-electron chi connectivity index (χ3n) is 5.97. The lowest BCUT2D eigenvalue weighted by Gasteiger charge is -2.22. The van der Waals surface area contributed by atoms with Gasteiger partial charge in [0.1, 0.15) is 11.6 Å². The smallest absolute Gasteiger partial charge is 0.234 e. The minimum Gasteiger partial charge on any atom is -0.351 e. The van der Waals surface area contributed by atoms with Crippen LogP contribution in [0.5, 0.6) is 0 Å². The van der Waals surface area contributed by atoms with E-state index >= 15 is 0 Å². The molecule has 0 unspecified atom stereocenters. The van der Waals surface area contributed by atoms with Gasteiger partial charge in [-0.15, -0.1) is 0 Å². The van der Waals surface area contributed by atoms with E-state index in [-0.39, 0.29) is 25.0 Å². The molecule has 5 nitrogen and oxygen atoms in total. The van der Waals surface area contributed by atoms with Crippen LogP contribution in [0.4, 0.5) is 8.78 Å². The molecule has 1 heterocycles. The predicted octanol–water partition coefficient (Wildman–Crippen LogP) is 4.11. The molecule has 1 amide bonds. The minimum atomic E-state index is -0.597. The Kier molecular flexibility index (Phi) is 6.65. The van der Waals surface area contributed by atoms with E-state index in [1.807, 2.05) is 41.6 Å². The Balaban J connectivity index is 1.36. The highest BCUT2D eigenvalue weighted by molar-refractivity contribution is 5.78. The number of hydrogen-bond acceptors (Lipinski definition) is 3. The van der Waals surface area contributed by atoms with Crippen molar-refractivity contribution < 1.29 is 13.6 Å². The molecule has 2 aromatic carbocycles. The standard InChI is InChI=1S/C25H28F2N4O/c1-17-23(18(2)31(29-17)14-19-6-4-3-5-7-19)13-28-25(32)16-30(22-10-11-22)15-20-8-9-21(26)12-24(20)27/h3-9,12,22H,10-11,13-16H2,1-2H3,(H,28,32). The van der Waals surface area contributed by atoms with E-state index < -0.39 is 11.6 Å². The number of carbonyl (C=O) groups excluding carboxylic acids is 1. The summed E-state index contributed by atoms with van der Waals surface area (Å²) < 4.78 is 29.2. The Hall–Kier alpha value is -3.06. The van der Waals surface area contributed by atoms with Crippen LogP contribution in [-0.2, 0) is 24.4 Å². The molecule has 32 heavy (non-hydrogen) atoms. The van der Waals surface area contributed by atoms with Gasteiger partial charge in [0.05, 0.1) is 18.8 Å². The summed E-state index contributed by atoms with van der Waals surface area (Å²) in [4.78, 5) is 14.6. The van der Waals surface area contributed by atoms with E-state index in [2.05, 4.69) is 22.5 Å². The van der Waals surface area contributed by atoms with Crippen molar-refractivity contribution in [3.8, 4) is 0 Å². The number of aryl methyl sites for hydroxylation is 1. The van der Waals surface area contributed by atoms with Crippen molar-refractivity contribution in [2.75, 3.05) is 6.54 Å². The quantitative estimate of drug-likeness (QED) is 0.547. The Morgan fingerprint density at radius 2 is 1.91 bits per heavy atom. The number of halogens is 2. The largest absolute Gasteiger partial charge is 0.351 e. The molecule has 1 saturated carbocycles. The fraction of sp³-hybridized carbons (Fsp3) is 0.360. The molecule has 168 valence electrons. The monoisotopic (exact) mass is 438 g/mol. The van der Waals surface area contributed by atoms with Crippen molar-refractivity contribution in [1.29, 1.82) is 0 Å². The minimum absolute atomic E-state index is 0.117. The summed E-state index contributed by atoms with van der Waals surface area (Å²) >= 11 is 0. The number of nitrogens with one attached hydrogen (secondary N) is 1. The third-order valence-corrected chi connectivity index (χ3v) is 5.97. The summed E-state index contributed by atoms with van der Waals surface area (Å²) in [7, 11) is 0. The molecule has 0 spiro atoms. The fourth-order valence-electron chi connectivity index (χ4n) is 3.95. The van der Waals surface area contributed by atoms with Crippen LogP contribution in [0.3, 0.4) is 0 Å². The van der Waals surface area contributed by atoms with Crippen LogP contribution in [0.2, 0.25) is 0 Å². The molecular formula is C25H28F2N4O. The van der Waals surface area contributed by atoms with Gasteiger partial charge in [-0.05, 0) is 38.3 Å². The second-order valence-electron chi connectivity index (χ2n) is 8.44. The zero-order valence-corrected chi connectivity index (χ0v) is 18.4. The van der Waals surface area contributed by atoms with E-state index in [4.69, 9.17) is 0 Å². The summed E-state index contributed by atoms with van der Waals surface area (Å²) in [6.45, 7) is 5.51. The van der Waals surface area contributed by atoms with Crippen LogP contribution in [0.15, 0.2) is 48.5 Å². The highest BCUT2D eigenvalue weighted by atomic mass is 19.1. The van der Waals surface area contributed by atoms with Gasteiger partial charge in [-0.3, -0.25) is 14.4 Å². The van der Waals surface area contributed by atoms with Gasteiger partial charge in [0, 0.05) is 42.0 Å². The van der Waals surface area contributed by atoms with Crippen molar-refractivity contribution in [2.45, 2.75) is 52.4 Å². The van der Waals surface area contributed by atoms with Crippen LogP contribution < -0.4 is 5.32 Å². The number of nitrogens with zero attached hydrogens (tertiary/aromatic N) is 3. The third kappa shape index (κ3) is 5.40. The van der Waals surface area contributed by atoms with Crippen LogP contribution in [0.25, 0.3) is 0 Å². The molecule has 4 rings (SSSR count). The summed E-state index contributed by atoms with van der Waals surface area (Å²) in [5.41, 5.74) is 4.50. The lowest BCUT2D eigenvalue weighted by Crippen LogP contribution is -2.38.